The van der Waals surface area contributed by atoms with E-state index in [1.807, 2.05) is 37.3 Å². The van der Waals surface area contributed by atoms with Crippen LogP contribution >= 0.6 is 24.8 Å². The van der Waals surface area contributed by atoms with Crippen LogP contribution in [0.2, 0.25) is 0 Å². The third-order valence-electron chi connectivity index (χ3n) is 4.96. The molecule has 0 saturated carbocycles. The minimum Gasteiger partial charge on any atom is -0.399 e. The Labute approximate surface area is 190 Å². The first-order valence-electron chi connectivity index (χ1n) is 9.77. The molecule has 2 amide bonds. The molecule has 1 saturated heterocycles. The van der Waals surface area contributed by atoms with E-state index in [9.17, 15) is 9.59 Å². The number of aryl methyl sites for hydroxylation is 1. The highest BCUT2D eigenvalue weighted by Gasteiger charge is 2.15. The van der Waals surface area contributed by atoms with Crippen molar-refractivity contribution in [3.8, 4) is 0 Å². The number of carbonyl (C=O) groups is 2. The molecule has 0 radical (unpaired) electrons. The van der Waals surface area contributed by atoms with Gasteiger partial charge in [0, 0.05) is 17.1 Å². The lowest BCUT2D eigenvalue weighted by atomic mass is 10.1. The first-order valence-corrected chi connectivity index (χ1v) is 9.77. The number of likely N-dealkylation sites (tertiary alicyclic amines) is 1. The predicted molar refractivity (Wildman–Crippen MR) is 128 cm³/mol. The summed E-state index contributed by atoms with van der Waals surface area (Å²) in [5.41, 5.74) is 9.60. The molecule has 0 aliphatic carbocycles. The van der Waals surface area contributed by atoms with E-state index >= 15 is 0 Å². The van der Waals surface area contributed by atoms with Gasteiger partial charge in [0.1, 0.15) is 0 Å². The molecule has 1 fully saturated rings. The van der Waals surface area contributed by atoms with E-state index in [4.69, 9.17) is 5.73 Å². The highest BCUT2D eigenvalue weighted by atomic mass is 35.5. The fourth-order valence-corrected chi connectivity index (χ4v) is 3.37. The molecule has 3 rings (SSSR count). The Bertz CT molecular complexity index is 838. The van der Waals surface area contributed by atoms with Crippen LogP contribution in [0.3, 0.4) is 0 Å². The average molecular weight is 453 g/mol. The van der Waals surface area contributed by atoms with Crippen molar-refractivity contribution in [3.05, 3.63) is 53.6 Å². The van der Waals surface area contributed by atoms with E-state index in [-0.39, 0.29) is 43.0 Å². The molecule has 2 aromatic rings. The maximum Gasteiger partial charge on any atom is 0.238 e. The SMILES string of the molecule is Cc1ccc(NC(=O)Cc2ccc(N)cc2)cc1NC(=O)CN1CCCCC1.Cl.Cl. The summed E-state index contributed by atoms with van der Waals surface area (Å²) in [5.74, 6) is -0.130. The maximum atomic E-state index is 12.4. The Kier molecular flexibility index (Phi) is 10.7. The number of hydrogen-bond acceptors (Lipinski definition) is 4. The van der Waals surface area contributed by atoms with Crippen molar-refractivity contribution in [2.45, 2.75) is 32.6 Å². The van der Waals surface area contributed by atoms with Gasteiger partial charge >= 0.3 is 0 Å². The van der Waals surface area contributed by atoms with Crippen molar-refractivity contribution in [1.29, 1.82) is 0 Å². The van der Waals surface area contributed by atoms with E-state index in [2.05, 4.69) is 15.5 Å². The van der Waals surface area contributed by atoms with Crippen molar-refractivity contribution in [1.82, 2.24) is 4.90 Å². The van der Waals surface area contributed by atoms with Gasteiger partial charge in [-0.3, -0.25) is 14.5 Å². The Morgan fingerprint density at radius 3 is 2.27 bits per heavy atom. The molecule has 30 heavy (non-hydrogen) atoms. The minimum atomic E-state index is -0.112. The van der Waals surface area contributed by atoms with Gasteiger partial charge in [0.15, 0.2) is 0 Å². The number of rotatable bonds is 6. The molecule has 0 aromatic heterocycles. The Hall–Kier alpha value is -2.28. The van der Waals surface area contributed by atoms with Gasteiger partial charge in [0.2, 0.25) is 11.8 Å². The second kappa shape index (κ2) is 12.4. The standard InChI is InChI=1S/C22H28N4O2.2ClH/c1-16-5-10-19(24-21(27)13-17-6-8-18(23)9-7-17)14-20(16)25-22(28)15-26-11-3-2-4-12-26;;/h5-10,14H,2-4,11-13,15,23H2,1H3,(H,24,27)(H,25,28);2*1H. The van der Waals surface area contributed by atoms with Crippen LogP contribution in [-0.4, -0.2) is 36.3 Å². The fourth-order valence-electron chi connectivity index (χ4n) is 3.37. The molecule has 6 nitrogen and oxygen atoms in total. The molecule has 1 aliphatic rings. The molecule has 0 bridgehead atoms. The Morgan fingerprint density at radius 2 is 1.60 bits per heavy atom. The Morgan fingerprint density at radius 1 is 0.933 bits per heavy atom. The van der Waals surface area contributed by atoms with E-state index in [1.54, 1.807) is 12.1 Å². The first kappa shape index (κ1) is 25.8. The molecule has 164 valence electrons. The monoisotopic (exact) mass is 452 g/mol. The van der Waals surface area contributed by atoms with Crippen LogP contribution in [0.5, 0.6) is 0 Å². The summed E-state index contributed by atoms with van der Waals surface area (Å²) in [5, 5.41) is 5.88. The number of nitrogen functional groups attached to an aromatic ring is 1. The molecule has 1 heterocycles. The zero-order valence-electron chi connectivity index (χ0n) is 17.1. The summed E-state index contributed by atoms with van der Waals surface area (Å²) in [6.07, 6.45) is 3.82. The van der Waals surface area contributed by atoms with E-state index < -0.39 is 0 Å². The van der Waals surface area contributed by atoms with Gasteiger partial charge in [-0.05, 0) is 68.2 Å². The van der Waals surface area contributed by atoms with E-state index in [1.165, 1.54) is 6.42 Å². The number of piperidine rings is 1. The van der Waals surface area contributed by atoms with Crippen molar-refractivity contribution < 1.29 is 9.59 Å². The predicted octanol–water partition coefficient (Wildman–Crippen LogP) is 4.03. The van der Waals surface area contributed by atoms with Crippen molar-refractivity contribution >= 4 is 53.7 Å². The summed E-state index contributed by atoms with van der Waals surface area (Å²) < 4.78 is 0. The third-order valence-corrected chi connectivity index (χ3v) is 4.96. The van der Waals surface area contributed by atoms with Gasteiger partial charge < -0.3 is 16.4 Å². The normalized spacial score (nSPS) is 13.5. The molecule has 0 spiro atoms. The van der Waals surface area contributed by atoms with Crippen LogP contribution in [0.1, 0.15) is 30.4 Å². The summed E-state index contributed by atoms with van der Waals surface area (Å²) >= 11 is 0. The zero-order valence-corrected chi connectivity index (χ0v) is 18.8. The van der Waals surface area contributed by atoms with Gasteiger partial charge in [0.25, 0.3) is 0 Å². The van der Waals surface area contributed by atoms with Crippen molar-refractivity contribution in [2.75, 3.05) is 36.0 Å². The highest BCUT2D eigenvalue weighted by Crippen LogP contribution is 2.21. The number of nitrogens with two attached hydrogens (primary N) is 1. The van der Waals surface area contributed by atoms with Crippen LogP contribution < -0.4 is 16.4 Å². The smallest absolute Gasteiger partial charge is 0.238 e. The molecular weight excluding hydrogens is 423 g/mol. The number of nitrogens with one attached hydrogen (secondary N) is 2. The lowest BCUT2D eigenvalue weighted by molar-refractivity contribution is -0.117. The average Bonchev–Trinajstić information content (AvgIpc) is 2.67. The lowest BCUT2D eigenvalue weighted by Crippen LogP contribution is -2.36. The number of carbonyl (C=O) groups excluding carboxylic acids is 2. The molecule has 4 N–H and O–H groups in total. The summed E-state index contributed by atoms with van der Waals surface area (Å²) in [7, 11) is 0. The molecule has 2 aromatic carbocycles. The molecule has 1 aliphatic heterocycles. The fraction of sp³-hybridized carbons (Fsp3) is 0.364. The number of anilines is 3. The summed E-state index contributed by atoms with van der Waals surface area (Å²) in [4.78, 5) is 26.9. The minimum absolute atomic E-state index is 0. The molecule has 0 atom stereocenters. The second-order valence-corrected chi connectivity index (χ2v) is 7.38. The van der Waals surface area contributed by atoms with E-state index in [0.29, 0.717) is 17.9 Å². The maximum absolute atomic E-state index is 12.4. The van der Waals surface area contributed by atoms with Crippen LogP contribution in [0.25, 0.3) is 0 Å². The van der Waals surface area contributed by atoms with Crippen LogP contribution in [0, 0.1) is 6.92 Å². The van der Waals surface area contributed by atoms with Crippen molar-refractivity contribution in [2.24, 2.45) is 0 Å². The van der Waals surface area contributed by atoms with Crippen LogP contribution in [-0.2, 0) is 16.0 Å². The zero-order chi connectivity index (χ0) is 19.9. The summed E-state index contributed by atoms with van der Waals surface area (Å²) in [6, 6.07) is 12.8. The quantitative estimate of drug-likeness (QED) is 0.577. The number of halogens is 2. The number of benzene rings is 2. The highest BCUT2D eigenvalue weighted by molar-refractivity contribution is 5.96. The number of nitrogens with zero attached hydrogens (tertiary/aromatic N) is 1. The second-order valence-electron chi connectivity index (χ2n) is 7.38. The number of amides is 2. The largest absolute Gasteiger partial charge is 0.399 e. The molecular formula is C22H30Cl2N4O2. The Balaban J connectivity index is 0.00000225. The number of hydrogen-bond donors (Lipinski definition) is 3. The van der Waals surface area contributed by atoms with Crippen molar-refractivity contribution in [3.63, 3.8) is 0 Å². The van der Waals surface area contributed by atoms with Crippen LogP contribution in [0.15, 0.2) is 42.5 Å². The van der Waals surface area contributed by atoms with Gasteiger partial charge in [-0.1, -0.05) is 24.6 Å². The first-order chi connectivity index (χ1) is 13.5. The van der Waals surface area contributed by atoms with Gasteiger partial charge in [0.05, 0.1) is 13.0 Å². The molecule has 8 heteroatoms. The van der Waals surface area contributed by atoms with Crippen LogP contribution in [0.4, 0.5) is 17.1 Å². The van der Waals surface area contributed by atoms with Gasteiger partial charge in [-0.15, -0.1) is 24.8 Å². The third kappa shape index (κ3) is 7.86. The van der Waals surface area contributed by atoms with Gasteiger partial charge in [-0.25, -0.2) is 0 Å². The lowest BCUT2D eigenvalue weighted by Gasteiger charge is -2.25. The topological polar surface area (TPSA) is 87.5 Å². The van der Waals surface area contributed by atoms with Gasteiger partial charge in [-0.2, -0.15) is 0 Å². The molecule has 0 unspecified atom stereocenters. The van der Waals surface area contributed by atoms with E-state index in [0.717, 1.165) is 42.7 Å². The summed E-state index contributed by atoms with van der Waals surface area (Å²) in [6.45, 7) is 4.31.